The van der Waals surface area contributed by atoms with Gasteiger partial charge in [-0.3, -0.25) is 18.6 Å². The van der Waals surface area contributed by atoms with E-state index in [1.54, 1.807) is 10.7 Å². The molecule has 2 aliphatic rings. The van der Waals surface area contributed by atoms with Crippen molar-refractivity contribution in [2.45, 2.75) is 30.1 Å². The molecule has 2 aliphatic heterocycles. The molecule has 1 fully saturated rings. The third kappa shape index (κ3) is 4.26. The predicted octanol–water partition coefficient (Wildman–Crippen LogP) is 3.97. The fourth-order valence-corrected chi connectivity index (χ4v) is 6.15. The van der Waals surface area contributed by atoms with Crippen LogP contribution >= 0.6 is 10.8 Å². The van der Waals surface area contributed by atoms with Crippen LogP contribution in [0.15, 0.2) is 40.2 Å². The van der Waals surface area contributed by atoms with Crippen molar-refractivity contribution < 1.29 is 27.0 Å². The number of anilines is 2. The Morgan fingerprint density at radius 3 is 2.89 bits per heavy atom. The van der Waals surface area contributed by atoms with Crippen LogP contribution in [-0.2, 0) is 11.3 Å². The molecule has 0 amide bonds. The predicted molar refractivity (Wildman–Crippen MR) is 121 cm³/mol. The molecule has 0 saturated carbocycles. The summed E-state index contributed by atoms with van der Waals surface area (Å²) in [5.41, 5.74) is 0.813. The molecule has 1 aromatic carbocycles. The molecular formula is C21H21F3N6O4S. The normalized spacial score (nSPS) is 23.1. The van der Waals surface area contributed by atoms with E-state index >= 15 is 0 Å². The number of H-pyrrole nitrogens is 1. The molecule has 1 saturated heterocycles. The Kier molecular flexibility index (Phi) is 5.77. The van der Waals surface area contributed by atoms with Gasteiger partial charge in [-0.05, 0) is 36.2 Å². The molecule has 0 spiro atoms. The summed E-state index contributed by atoms with van der Waals surface area (Å²) in [4.78, 5) is 15.3. The number of hydrogen-bond donors (Lipinski definition) is 4. The Bertz CT molecular complexity index is 1380. The number of fused-ring (bicyclic) bond motifs is 2. The van der Waals surface area contributed by atoms with Gasteiger partial charge >= 0.3 is 6.18 Å². The van der Waals surface area contributed by atoms with Gasteiger partial charge in [0.25, 0.3) is 5.56 Å². The lowest BCUT2D eigenvalue weighted by molar-refractivity contribution is -0.137. The molecule has 4 N–H and O–H groups in total. The summed E-state index contributed by atoms with van der Waals surface area (Å²) in [5.74, 6) is -0.162. The number of aromatic amines is 1. The number of hydrogen-bond acceptors (Lipinski definition) is 8. The first-order chi connectivity index (χ1) is 16.6. The van der Waals surface area contributed by atoms with E-state index in [4.69, 9.17) is 4.74 Å². The second-order valence-electron chi connectivity index (χ2n) is 8.41. The minimum absolute atomic E-state index is 0.0248. The van der Waals surface area contributed by atoms with E-state index in [-0.39, 0.29) is 35.2 Å². The highest BCUT2D eigenvalue weighted by Gasteiger charge is 2.42. The lowest BCUT2D eigenvalue weighted by atomic mass is 9.96. The van der Waals surface area contributed by atoms with Gasteiger partial charge < -0.3 is 15.0 Å². The molecule has 0 radical (unpaired) electrons. The SMILES string of the molecule is N#CC1CCOCC1n1nc(Nc2ccc3c(c2)CN(CC(F)(F)F)S3(O)O)c2c(=O)[nH]ccc21. The van der Waals surface area contributed by atoms with Crippen molar-refractivity contribution in [2.24, 2.45) is 5.92 Å². The average molecular weight is 510 g/mol. The molecule has 35 heavy (non-hydrogen) atoms. The molecule has 5 rings (SSSR count). The lowest BCUT2D eigenvalue weighted by Crippen LogP contribution is -2.32. The number of halogens is 3. The standard InChI is InChI=1S/C21H21F3N6O4S/c22-21(23,24)11-29-9-13-7-14(1-2-17(13)35(29,32)33)27-19-18-15(3-5-26-20(18)31)30(28-19)16-10-34-6-4-12(16)8-25/h1-3,5,7,12,16,32-33H,4,6,9-11H2,(H,26,31)(H,27,28). The molecule has 10 nitrogen and oxygen atoms in total. The number of rotatable bonds is 4. The van der Waals surface area contributed by atoms with Crippen LogP contribution in [-0.4, -0.2) is 54.1 Å². The van der Waals surface area contributed by atoms with Crippen molar-refractivity contribution in [3.05, 3.63) is 46.4 Å². The van der Waals surface area contributed by atoms with Crippen LogP contribution in [0, 0.1) is 17.2 Å². The van der Waals surface area contributed by atoms with Gasteiger partial charge in [0, 0.05) is 25.0 Å². The third-order valence-corrected chi connectivity index (χ3v) is 8.08. The van der Waals surface area contributed by atoms with Gasteiger partial charge in [0.2, 0.25) is 0 Å². The molecule has 14 heteroatoms. The van der Waals surface area contributed by atoms with Gasteiger partial charge in [-0.25, -0.2) is 0 Å². The first-order valence-electron chi connectivity index (χ1n) is 10.7. The van der Waals surface area contributed by atoms with Gasteiger partial charge in [0.1, 0.15) is 11.9 Å². The van der Waals surface area contributed by atoms with E-state index in [9.17, 15) is 32.3 Å². The van der Waals surface area contributed by atoms with Gasteiger partial charge in [0.15, 0.2) is 5.82 Å². The zero-order valence-electron chi connectivity index (χ0n) is 18.1. The quantitative estimate of drug-likeness (QED) is 0.414. The number of nitrogens with one attached hydrogen (secondary N) is 2. The first-order valence-corrected chi connectivity index (χ1v) is 12.2. The van der Waals surface area contributed by atoms with Crippen LogP contribution in [0.4, 0.5) is 24.7 Å². The molecule has 2 atom stereocenters. The third-order valence-electron chi connectivity index (χ3n) is 6.12. The Labute approximate surface area is 198 Å². The molecule has 0 aliphatic carbocycles. The van der Waals surface area contributed by atoms with Crippen molar-refractivity contribution in [1.82, 2.24) is 19.1 Å². The fourth-order valence-electron chi connectivity index (χ4n) is 4.50. The molecule has 4 heterocycles. The van der Waals surface area contributed by atoms with Crippen molar-refractivity contribution in [1.29, 1.82) is 5.26 Å². The highest BCUT2D eigenvalue weighted by Crippen LogP contribution is 2.59. The minimum Gasteiger partial charge on any atom is -0.379 e. The first kappa shape index (κ1) is 23.6. The topological polar surface area (TPSA) is 139 Å². The van der Waals surface area contributed by atoms with Gasteiger partial charge in [0.05, 0.1) is 35.0 Å². The number of ether oxygens (including phenoxy) is 1. The van der Waals surface area contributed by atoms with E-state index in [0.29, 0.717) is 34.1 Å². The van der Waals surface area contributed by atoms with Crippen LogP contribution in [0.3, 0.4) is 0 Å². The monoisotopic (exact) mass is 510 g/mol. The number of pyridine rings is 1. The minimum atomic E-state index is -4.59. The van der Waals surface area contributed by atoms with E-state index in [1.165, 1.54) is 24.4 Å². The summed E-state index contributed by atoms with van der Waals surface area (Å²) in [6, 6.07) is 7.87. The van der Waals surface area contributed by atoms with Crippen molar-refractivity contribution in [2.75, 3.05) is 25.1 Å². The Balaban J connectivity index is 1.51. The Morgan fingerprint density at radius 2 is 2.14 bits per heavy atom. The molecule has 2 unspecified atom stereocenters. The largest absolute Gasteiger partial charge is 0.403 e. The number of nitrogens with zero attached hydrogens (tertiary/aromatic N) is 4. The smallest absolute Gasteiger partial charge is 0.379 e. The molecule has 3 aromatic rings. The van der Waals surface area contributed by atoms with Gasteiger partial charge in [-0.2, -0.15) is 27.8 Å². The Morgan fingerprint density at radius 1 is 1.34 bits per heavy atom. The van der Waals surface area contributed by atoms with Crippen molar-refractivity contribution >= 4 is 33.2 Å². The van der Waals surface area contributed by atoms with Crippen molar-refractivity contribution in [3.63, 3.8) is 0 Å². The van der Waals surface area contributed by atoms with Crippen LogP contribution in [0.25, 0.3) is 10.9 Å². The van der Waals surface area contributed by atoms with E-state index in [0.717, 1.165) is 0 Å². The summed E-state index contributed by atoms with van der Waals surface area (Å²) >= 11 is 0. The second-order valence-corrected chi connectivity index (χ2v) is 10.4. The number of benzene rings is 1. The number of alkyl halides is 3. The highest BCUT2D eigenvalue weighted by atomic mass is 32.3. The fraction of sp³-hybridized carbons (Fsp3) is 0.381. The maximum Gasteiger partial charge on any atom is 0.403 e. The Hall–Kier alpha value is -3.09. The molecule has 2 aromatic heterocycles. The van der Waals surface area contributed by atoms with E-state index in [1.807, 2.05) is 0 Å². The van der Waals surface area contributed by atoms with Gasteiger partial charge in [-0.1, -0.05) is 0 Å². The van der Waals surface area contributed by atoms with Crippen molar-refractivity contribution in [3.8, 4) is 6.07 Å². The van der Waals surface area contributed by atoms with E-state index in [2.05, 4.69) is 21.5 Å². The lowest BCUT2D eigenvalue weighted by Gasteiger charge is -2.37. The number of nitriles is 1. The van der Waals surface area contributed by atoms with Gasteiger partial charge in [-0.15, -0.1) is 10.8 Å². The van der Waals surface area contributed by atoms with Crippen LogP contribution in [0.5, 0.6) is 0 Å². The summed E-state index contributed by atoms with van der Waals surface area (Å²) in [6.07, 6.45) is -2.59. The summed E-state index contributed by atoms with van der Waals surface area (Å²) in [5, 5.41) is 17.4. The zero-order chi connectivity index (χ0) is 25.0. The molecule has 186 valence electrons. The zero-order valence-corrected chi connectivity index (χ0v) is 18.9. The summed E-state index contributed by atoms with van der Waals surface area (Å²) in [7, 11) is -3.76. The highest BCUT2D eigenvalue weighted by molar-refractivity contribution is 8.22. The molecule has 0 bridgehead atoms. The van der Waals surface area contributed by atoms with Crippen LogP contribution in [0.2, 0.25) is 0 Å². The summed E-state index contributed by atoms with van der Waals surface area (Å²) < 4.78 is 67.2. The van der Waals surface area contributed by atoms with Crippen LogP contribution in [0.1, 0.15) is 18.0 Å². The summed E-state index contributed by atoms with van der Waals surface area (Å²) in [6.45, 7) is -1.04. The second kappa shape index (κ2) is 8.54. The maximum absolute atomic E-state index is 12.9. The van der Waals surface area contributed by atoms with Crippen LogP contribution < -0.4 is 10.9 Å². The average Bonchev–Trinajstić information content (AvgIpc) is 3.28. The maximum atomic E-state index is 12.9. The number of aromatic nitrogens is 3. The molecular weight excluding hydrogens is 489 g/mol. The van der Waals surface area contributed by atoms with E-state index < -0.39 is 35.1 Å².